The maximum atomic E-state index is 11.1. The second kappa shape index (κ2) is 4.92. The maximum Gasteiger partial charge on any atom is 0.309 e. The van der Waals surface area contributed by atoms with Crippen LogP contribution in [0.2, 0.25) is 0 Å². The molecule has 5 nitrogen and oxygen atoms in total. The Morgan fingerprint density at radius 1 is 1.35 bits per heavy atom. The minimum Gasteiger partial charge on any atom is -0.481 e. The Balaban J connectivity index is 2.49. The van der Waals surface area contributed by atoms with Crippen LogP contribution in [-0.4, -0.2) is 46.2 Å². The van der Waals surface area contributed by atoms with E-state index in [1.807, 2.05) is 20.8 Å². The smallest absolute Gasteiger partial charge is 0.309 e. The Labute approximate surface area is 102 Å². The molecule has 1 saturated heterocycles. The van der Waals surface area contributed by atoms with E-state index in [-0.39, 0.29) is 0 Å². The summed E-state index contributed by atoms with van der Waals surface area (Å²) in [7, 11) is 0. The molecule has 2 N–H and O–H groups in total. The van der Waals surface area contributed by atoms with Crippen molar-refractivity contribution in [2.75, 3.05) is 13.1 Å². The minimum atomic E-state index is -0.951. The quantitative estimate of drug-likeness (QED) is 0.733. The Hall–Kier alpha value is -0.650. The van der Waals surface area contributed by atoms with Gasteiger partial charge in [0.25, 0.3) is 0 Å². The van der Waals surface area contributed by atoms with E-state index in [1.54, 1.807) is 11.8 Å². The van der Waals surface area contributed by atoms with Crippen molar-refractivity contribution < 1.29 is 19.7 Å². The highest BCUT2D eigenvalue weighted by Crippen LogP contribution is 2.32. The molecular weight excluding hydrogens is 222 g/mol. The van der Waals surface area contributed by atoms with Gasteiger partial charge in [0.05, 0.1) is 11.0 Å². The first kappa shape index (κ1) is 14.4. The van der Waals surface area contributed by atoms with E-state index in [0.717, 1.165) is 0 Å². The van der Waals surface area contributed by atoms with Crippen molar-refractivity contribution in [3.63, 3.8) is 0 Å². The summed E-state index contributed by atoms with van der Waals surface area (Å²) in [5.74, 6) is -0.761. The second-order valence-corrected chi connectivity index (χ2v) is 5.96. The average molecular weight is 245 g/mol. The van der Waals surface area contributed by atoms with Crippen LogP contribution in [0.4, 0.5) is 0 Å². The molecule has 1 rings (SSSR count). The molecule has 1 fully saturated rings. The maximum absolute atomic E-state index is 11.1. The lowest BCUT2D eigenvalue weighted by Crippen LogP contribution is -2.49. The van der Waals surface area contributed by atoms with E-state index < -0.39 is 23.4 Å². The number of hydrogen-bond donors (Lipinski definition) is 2. The first-order chi connectivity index (χ1) is 7.64. The molecule has 0 amide bonds. The van der Waals surface area contributed by atoms with Crippen LogP contribution >= 0.6 is 0 Å². The molecule has 1 aliphatic rings. The number of carboxylic acids is 1. The summed E-state index contributed by atoms with van der Waals surface area (Å²) in [4.78, 5) is 12.8. The van der Waals surface area contributed by atoms with Crippen molar-refractivity contribution in [2.45, 2.75) is 52.6 Å². The molecule has 0 aromatic carbocycles. The lowest BCUT2D eigenvalue weighted by molar-refractivity contribution is -0.246. The molecule has 0 aromatic rings. The summed E-state index contributed by atoms with van der Waals surface area (Å²) < 4.78 is 5.44. The summed E-state index contributed by atoms with van der Waals surface area (Å²) >= 11 is 0. The fourth-order valence-corrected chi connectivity index (χ4v) is 1.84. The molecule has 1 aliphatic heterocycles. The van der Waals surface area contributed by atoms with Gasteiger partial charge in [-0.05, 0) is 40.5 Å². The number of hydrogen-bond acceptors (Lipinski definition) is 4. The summed E-state index contributed by atoms with van der Waals surface area (Å²) in [5.41, 5.74) is -1.08. The highest BCUT2D eigenvalue weighted by atomic mass is 16.6. The third kappa shape index (κ3) is 3.94. The highest BCUT2D eigenvalue weighted by molar-refractivity contribution is 5.74. The Kier molecular flexibility index (Phi) is 4.17. The lowest BCUT2D eigenvalue weighted by Gasteiger charge is -2.39. The van der Waals surface area contributed by atoms with Crippen molar-refractivity contribution >= 4 is 5.97 Å². The van der Waals surface area contributed by atoms with Gasteiger partial charge in [-0.15, -0.1) is 0 Å². The molecule has 0 saturated carbocycles. The number of aliphatic hydroxyl groups excluding tert-OH is 1. The Morgan fingerprint density at radius 3 is 2.18 bits per heavy atom. The van der Waals surface area contributed by atoms with Crippen LogP contribution in [0.1, 0.15) is 40.5 Å². The second-order valence-electron chi connectivity index (χ2n) is 5.96. The van der Waals surface area contributed by atoms with Crippen molar-refractivity contribution in [2.24, 2.45) is 5.41 Å². The number of aliphatic carboxylic acids is 1. The van der Waals surface area contributed by atoms with Crippen LogP contribution in [0, 0.1) is 5.41 Å². The number of piperidine rings is 1. The third-order valence-corrected chi connectivity index (χ3v) is 3.19. The van der Waals surface area contributed by atoms with E-state index in [9.17, 15) is 9.90 Å². The Bertz CT molecular complexity index is 277. The number of carbonyl (C=O) groups is 1. The highest BCUT2D eigenvalue weighted by Gasteiger charge is 2.38. The zero-order valence-electron chi connectivity index (χ0n) is 11.1. The van der Waals surface area contributed by atoms with Crippen molar-refractivity contribution in [1.29, 1.82) is 0 Å². The molecule has 5 heteroatoms. The Morgan fingerprint density at radius 2 is 1.82 bits per heavy atom. The van der Waals surface area contributed by atoms with Crippen LogP contribution in [-0.2, 0) is 9.53 Å². The van der Waals surface area contributed by atoms with Crippen LogP contribution in [0.15, 0.2) is 0 Å². The van der Waals surface area contributed by atoms with Crippen molar-refractivity contribution in [3.8, 4) is 0 Å². The SMILES string of the molecule is CC(C)(C)OC(O)N1CCC(C)(C(=O)O)CC1. The fourth-order valence-electron chi connectivity index (χ4n) is 1.84. The van der Waals surface area contributed by atoms with Crippen LogP contribution in [0.5, 0.6) is 0 Å². The largest absolute Gasteiger partial charge is 0.481 e. The van der Waals surface area contributed by atoms with Gasteiger partial charge in [0.15, 0.2) is 0 Å². The molecule has 1 heterocycles. The first-order valence-electron chi connectivity index (χ1n) is 5.97. The zero-order chi connectivity index (χ0) is 13.3. The van der Waals surface area contributed by atoms with E-state index >= 15 is 0 Å². The fraction of sp³-hybridized carbons (Fsp3) is 0.917. The van der Waals surface area contributed by atoms with E-state index in [4.69, 9.17) is 9.84 Å². The van der Waals surface area contributed by atoms with E-state index in [0.29, 0.717) is 25.9 Å². The average Bonchev–Trinajstić information content (AvgIpc) is 2.15. The van der Waals surface area contributed by atoms with Crippen molar-refractivity contribution in [3.05, 3.63) is 0 Å². The molecule has 0 aromatic heterocycles. The number of rotatable bonds is 3. The van der Waals surface area contributed by atoms with Gasteiger partial charge >= 0.3 is 5.97 Å². The monoisotopic (exact) mass is 245 g/mol. The van der Waals surface area contributed by atoms with Gasteiger partial charge in [0, 0.05) is 13.1 Å². The zero-order valence-corrected chi connectivity index (χ0v) is 11.1. The summed E-state index contributed by atoms with van der Waals surface area (Å²) in [5, 5.41) is 19.0. The predicted octanol–water partition coefficient (Wildman–Crippen LogP) is 1.26. The number of nitrogens with zero attached hydrogens (tertiary/aromatic N) is 1. The predicted molar refractivity (Wildman–Crippen MR) is 63.4 cm³/mol. The molecule has 17 heavy (non-hydrogen) atoms. The molecule has 100 valence electrons. The van der Waals surface area contributed by atoms with Gasteiger partial charge in [-0.3, -0.25) is 9.69 Å². The molecule has 0 radical (unpaired) electrons. The molecule has 0 bridgehead atoms. The number of likely N-dealkylation sites (tertiary alicyclic amines) is 1. The van der Waals surface area contributed by atoms with Gasteiger partial charge in [-0.2, -0.15) is 0 Å². The number of ether oxygens (including phenoxy) is 1. The lowest BCUT2D eigenvalue weighted by atomic mass is 9.80. The molecule has 0 spiro atoms. The van der Waals surface area contributed by atoms with Gasteiger partial charge in [0.1, 0.15) is 0 Å². The van der Waals surface area contributed by atoms with Gasteiger partial charge in [-0.25, -0.2) is 0 Å². The van der Waals surface area contributed by atoms with E-state index in [1.165, 1.54) is 0 Å². The minimum absolute atomic E-state index is 0.410. The van der Waals surface area contributed by atoms with Gasteiger partial charge in [-0.1, -0.05) is 0 Å². The summed E-state index contributed by atoms with van der Waals surface area (Å²) in [6.07, 6.45) is 0.119. The first-order valence-corrected chi connectivity index (χ1v) is 5.97. The van der Waals surface area contributed by atoms with Gasteiger partial charge < -0.3 is 14.9 Å². The topological polar surface area (TPSA) is 70.0 Å². The number of carboxylic acid groups (broad SMARTS) is 1. The van der Waals surface area contributed by atoms with Crippen molar-refractivity contribution in [1.82, 2.24) is 4.90 Å². The standard InChI is InChI=1S/C12H23NO4/c1-11(2,3)17-10(16)13-7-5-12(4,6-8-13)9(14)15/h10,16H,5-8H2,1-4H3,(H,14,15). The summed E-state index contributed by atoms with van der Waals surface area (Å²) in [6.45, 7) is 8.47. The molecule has 0 aliphatic carbocycles. The normalized spacial score (nSPS) is 23.4. The molecule has 1 unspecified atom stereocenters. The van der Waals surface area contributed by atoms with E-state index in [2.05, 4.69) is 0 Å². The van der Waals surface area contributed by atoms with Crippen LogP contribution in [0.25, 0.3) is 0 Å². The third-order valence-electron chi connectivity index (χ3n) is 3.19. The molecular formula is C12H23NO4. The van der Waals surface area contributed by atoms with Crippen LogP contribution in [0.3, 0.4) is 0 Å². The number of aliphatic hydroxyl groups is 1. The summed E-state index contributed by atoms with van der Waals surface area (Å²) in [6, 6.07) is 0. The van der Waals surface area contributed by atoms with Gasteiger partial charge in [0.2, 0.25) is 6.41 Å². The van der Waals surface area contributed by atoms with Crippen LogP contribution < -0.4 is 0 Å². The molecule has 1 atom stereocenters.